The van der Waals surface area contributed by atoms with Crippen LogP contribution in [0.15, 0.2) is 24.3 Å². The number of hydrogen-bond acceptors (Lipinski definition) is 2. The third-order valence-electron chi connectivity index (χ3n) is 3.14. The molecule has 1 atom stereocenters. The summed E-state index contributed by atoms with van der Waals surface area (Å²) >= 11 is 0. The zero-order valence-electron chi connectivity index (χ0n) is 13.1. The minimum atomic E-state index is -0.391. The van der Waals surface area contributed by atoms with Crippen LogP contribution in [0.3, 0.4) is 0 Å². The number of hydrogen-bond donors (Lipinski definition) is 1. The molecule has 0 fully saturated rings. The van der Waals surface area contributed by atoms with Crippen molar-refractivity contribution in [2.75, 3.05) is 19.6 Å². The van der Waals surface area contributed by atoms with Gasteiger partial charge in [-0.25, -0.2) is 0 Å². The Hall–Kier alpha value is -0.860. The minimum absolute atomic E-state index is 0.391. The van der Waals surface area contributed by atoms with Gasteiger partial charge in [0.1, 0.15) is 0 Å². The van der Waals surface area contributed by atoms with Crippen molar-refractivity contribution in [3.8, 4) is 0 Å². The maximum absolute atomic E-state index is 10.4. The molecule has 0 saturated carbocycles. The van der Waals surface area contributed by atoms with E-state index in [1.54, 1.807) is 0 Å². The van der Waals surface area contributed by atoms with E-state index in [9.17, 15) is 5.11 Å². The Bertz CT molecular complexity index is 346. The highest BCUT2D eigenvalue weighted by molar-refractivity contribution is 5.23. The highest BCUT2D eigenvalue weighted by Gasteiger charge is 2.15. The maximum Gasteiger partial charge on any atom is 0.0916 e. The molecular weight excluding hydrogens is 234 g/mol. The monoisotopic (exact) mass is 263 g/mol. The zero-order chi connectivity index (χ0) is 14.4. The van der Waals surface area contributed by atoms with Gasteiger partial charge >= 0.3 is 0 Å². The molecule has 0 spiro atoms. The fourth-order valence-corrected chi connectivity index (χ4v) is 2.39. The van der Waals surface area contributed by atoms with Crippen molar-refractivity contribution in [1.82, 2.24) is 4.90 Å². The SMILES string of the molecule is Cc1ccc(C(O)CN(CC(C)C)CC(C)C)cc1. The molecule has 1 aromatic carbocycles. The van der Waals surface area contributed by atoms with Crippen LogP contribution in [0.25, 0.3) is 0 Å². The van der Waals surface area contributed by atoms with Crippen molar-refractivity contribution in [2.45, 2.75) is 40.7 Å². The van der Waals surface area contributed by atoms with Gasteiger partial charge in [0.05, 0.1) is 6.10 Å². The first-order valence-electron chi connectivity index (χ1n) is 7.35. The number of aliphatic hydroxyl groups is 1. The lowest BCUT2D eigenvalue weighted by Gasteiger charge is -2.28. The molecule has 1 unspecified atom stereocenters. The Morgan fingerprint density at radius 3 is 1.79 bits per heavy atom. The minimum Gasteiger partial charge on any atom is -0.387 e. The summed E-state index contributed by atoms with van der Waals surface area (Å²) < 4.78 is 0. The van der Waals surface area contributed by atoms with Gasteiger partial charge in [0, 0.05) is 19.6 Å². The third-order valence-corrected chi connectivity index (χ3v) is 3.14. The summed E-state index contributed by atoms with van der Waals surface area (Å²) in [7, 11) is 0. The molecule has 19 heavy (non-hydrogen) atoms. The Balaban J connectivity index is 2.63. The molecule has 0 amide bonds. The number of aryl methyl sites for hydroxylation is 1. The van der Waals surface area contributed by atoms with Crippen LogP contribution in [0.4, 0.5) is 0 Å². The van der Waals surface area contributed by atoms with Crippen LogP contribution < -0.4 is 0 Å². The summed E-state index contributed by atoms with van der Waals surface area (Å²) in [5.74, 6) is 1.26. The molecule has 2 heteroatoms. The first-order valence-corrected chi connectivity index (χ1v) is 7.35. The normalized spacial score (nSPS) is 13.5. The molecule has 1 N–H and O–H groups in total. The number of benzene rings is 1. The summed E-state index contributed by atoms with van der Waals surface area (Å²) in [5.41, 5.74) is 2.25. The molecule has 0 radical (unpaired) electrons. The van der Waals surface area contributed by atoms with Crippen LogP contribution in [0.1, 0.15) is 44.9 Å². The Labute approximate surface area is 118 Å². The molecule has 1 aromatic rings. The second-order valence-electron chi connectivity index (χ2n) is 6.43. The van der Waals surface area contributed by atoms with Gasteiger partial charge in [-0.3, -0.25) is 4.90 Å². The van der Waals surface area contributed by atoms with Crippen LogP contribution in [-0.2, 0) is 0 Å². The van der Waals surface area contributed by atoms with Crippen LogP contribution >= 0.6 is 0 Å². The van der Waals surface area contributed by atoms with Gasteiger partial charge in [-0.05, 0) is 24.3 Å². The van der Waals surface area contributed by atoms with Gasteiger partial charge < -0.3 is 5.11 Å². The number of nitrogens with zero attached hydrogens (tertiary/aromatic N) is 1. The Morgan fingerprint density at radius 2 is 1.37 bits per heavy atom. The fraction of sp³-hybridized carbons (Fsp3) is 0.647. The predicted molar refractivity (Wildman–Crippen MR) is 82.3 cm³/mol. The lowest BCUT2D eigenvalue weighted by molar-refractivity contribution is 0.0987. The molecule has 2 nitrogen and oxygen atoms in total. The van der Waals surface area contributed by atoms with Crippen molar-refractivity contribution in [1.29, 1.82) is 0 Å². The lowest BCUT2D eigenvalue weighted by atomic mass is 10.1. The molecule has 1 rings (SSSR count). The standard InChI is InChI=1S/C17H29NO/c1-13(2)10-18(11-14(3)4)12-17(19)16-8-6-15(5)7-9-16/h6-9,13-14,17,19H,10-12H2,1-5H3. The molecule has 0 aliphatic heterocycles. The Kier molecular flexibility index (Phi) is 6.53. The zero-order valence-corrected chi connectivity index (χ0v) is 13.1. The van der Waals surface area contributed by atoms with Gasteiger partial charge in [-0.2, -0.15) is 0 Å². The van der Waals surface area contributed by atoms with E-state index in [-0.39, 0.29) is 0 Å². The molecule has 0 heterocycles. The maximum atomic E-state index is 10.4. The molecular formula is C17H29NO. The summed E-state index contributed by atoms with van der Waals surface area (Å²) in [4.78, 5) is 2.37. The van der Waals surface area contributed by atoms with Gasteiger partial charge in [0.2, 0.25) is 0 Å². The highest BCUT2D eigenvalue weighted by atomic mass is 16.3. The highest BCUT2D eigenvalue weighted by Crippen LogP contribution is 2.16. The Morgan fingerprint density at radius 1 is 0.895 bits per heavy atom. The van der Waals surface area contributed by atoms with E-state index in [4.69, 9.17) is 0 Å². The average Bonchev–Trinajstić information content (AvgIpc) is 2.27. The molecule has 0 saturated heterocycles. The van der Waals surface area contributed by atoms with Crippen molar-refractivity contribution in [3.05, 3.63) is 35.4 Å². The fourth-order valence-electron chi connectivity index (χ4n) is 2.39. The van der Waals surface area contributed by atoms with Crippen molar-refractivity contribution >= 4 is 0 Å². The first-order chi connectivity index (χ1) is 8.88. The van der Waals surface area contributed by atoms with Gasteiger partial charge in [-0.15, -0.1) is 0 Å². The summed E-state index contributed by atoms with van der Waals surface area (Å²) in [6, 6.07) is 8.19. The van der Waals surface area contributed by atoms with Crippen LogP contribution in [0, 0.1) is 18.8 Å². The third kappa shape index (κ3) is 6.22. The first kappa shape index (κ1) is 16.2. The van der Waals surface area contributed by atoms with Gasteiger partial charge in [0.15, 0.2) is 0 Å². The molecule has 0 bridgehead atoms. The average molecular weight is 263 g/mol. The number of aliphatic hydroxyl groups excluding tert-OH is 1. The molecule has 0 aromatic heterocycles. The smallest absolute Gasteiger partial charge is 0.0916 e. The van der Waals surface area contributed by atoms with Crippen molar-refractivity contribution in [3.63, 3.8) is 0 Å². The van der Waals surface area contributed by atoms with E-state index in [0.29, 0.717) is 11.8 Å². The summed E-state index contributed by atoms with van der Waals surface area (Å²) in [6.07, 6.45) is -0.391. The second kappa shape index (κ2) is 7.66. The van der Waals surface area contributed by atoms with E-state index >= 15 is 0 Å². The molecule has 108 valence electrons. The number of rotatable bonds is 7. The summed E-state index contributed by atoms with van der Waals surface area (Å²) in [6.45, 7) is 13.8. The molecule has 0 aliphatic carbocycles. The molecule has 0 aliphatic rings. The van der Waals surface area contributed by atoms with Gasteiger partial charge in [-0.1, -0.05) is 57.5 Å². The van der Waals surface area contributed by atoms with Crippen LogP contribution in [0.5, 0.6) is 0 Å². The topological polar surface area (TPSA) is 23.5 Å². The van der Waals surface area contributed by atoms with Crippen LogP contribution in [-0.4, -0.2) is 29.6 Å². The quantitative estimate of drug-likeness (QED) is 0.812. The second-order valence-corrected chi connectivity index (χ2v) is 6.43. The van der Waals surface area contributed by atoms with E-state index in [0.717, 1.165) is 25.2 Å². The largest absolute Gasteiger partial charge is 0.387 e. The lowest BCUT2D eigenvalue weighted by Crippen LogP contribution is -2.35. The van der Waals surface area contributed by atoms with Crippen LogP contribution in [0.2, 0.25) is 0 Å². The van der Waals surface area contributed by atoms with E-state index in [1.165, 1.54) is 5.56 Å². The predicted octanol–water partition coefficient (Wildman–Crippen LogP) is 3.64. The van der Waals surface area contributed by atoms with Crippen molar-refractivity contribution < 1.29 is 5.11 Å². The van der Waals surface area contributed by atoms with Gasteiger partial charge in [0.25, 0.3) is 0 Å². The van der Waals surface area contributed by atoms with E-state index in [2.05, 4.69) is 51.7 Å². The van der Waals surface area contributed by atoms with E-state index in [1.807, 2.05) is 12.1 Å². The van der Waals surface area contributed by atoms with Crippen molar-refractivity contribution in [2.24, 2.45) is 11.8 Å². The van der Waals surface area contributed by atoms with E-state index < -0.39 is 6.10 Å². The summed E-state index contributed by atoms with van der Waals surface area (Å²) in [5, 5.41) is 10.4.